The standard InChI is InChI=1S/C13H19ClN2/c1-9-3-4-12(10(2)7-9)16-13-5-6-15-8-11(13)14/h5-6,8-10,12H,3-4,7H2,1-2H3,(H,15,16). The highest BCUT2D eigenvalue weighted by atomic mass is 35.5. The van der Waals surface area contributed by atoms with E-state index in [1.165, 1.54) is 19.3 Å². The van der Waals surface area contributed by atoms with E-state index in [1.807, 2.05) is 6.07 Å². The minimum Gasteiger partial charge on any atom is -0.381 e. The number of pyridine rings is 1. The second-order valence-electron chi connectivity index (χ2n) is 5.00. The lowest BCUT2D eigenvalue weighted by atomic mass is 9.80. The predicted molar refractivity (Wildman–Crippen MR) is 68.8 cm³/mol. The first kappa shape index (κ1) is 11.7. The fourth-order valence-electron chi connectivity index (χ4n) is 2.57. The van der Waals surface area contributed by atoms with Gasteiger partial charge < -0.3 is 5.32 Å². The highest BCUT2D eigenvalue weighted by Gasteiger charge is 2.25. The van der Waals surface area contributed by atoms with E-state index in [0.717, 1.165) is 11.6 Å². The van der Waals surface area contributed by atoms with Crippen LogP contribution in [0, 0.1) is 11.8 Å². The Morgan fingerprint density at radius 3 is 2.88 bits per heavy atom. The third kappa shape index (κ3) is 2.67. The summed E-state index contributed by atoms with van der Waals surface area (Å²) < 4.78 is 0. The lowest BCUT2D eigenvalue weighted by Crippen LogP contribution is -2.33. The summed E-state index contributed by atoms with van der Waals surface area (Å²) in [5.41, 5.74) is 1.02. The number of nitrogens with one attached hydrogen (secondary N) is 1. The molecule has 1 saturated carbocycles. The Labute approximate surface area is 102 Å². The fraction of sp³-hybridized carbons (Fsp3) is 0.615. The first-order valence-corrected chi connectivity index (χ1v) is 6.40. The molecule has 16 heavy (non-hydrogen) atoms. The largest absolute Gasteiger partial charge is 0.381 e. The highest BCUT2D eigenvalue weighted by Crippen LogP contribution is 2.32. The molecule has 1 N–H and O–H groups in total. The van der Waals surface area contributed by atoms with E-state index in [-0.39, 0.29) is 0 Å². The van der Waals surface area contributed by atoms with Crippen LogP contribution in [0.2, 0.25) is 5.02 Å². The van der Waals surface area contributed by atoms with E-state index in [4.69, 9.17) is 11.6 Å². The number of nitrogens with zero attached hydrogens (tertiary/aromatic N) is 1. The van der Waals surface area contributed by atoms with Crippen molar-refractivity contribution in [3.63, 3.8) is 0 Å². The van der Waals surface area contributed by atoms with Crippen molar-refractivity contribution in [2.24, 2.45) is 11.8 Å². The Morgan fingerprint density at radius 2 is 2.19 bits per heavy atom. The summed E-state index contributed by atoms with van der Waals surface area (Å²) in [5, 5.41) is 4.26. The number of aromatic nitrogens is 1. The van der Waals surface area contributed by atoms with Crippen LogP contribution in [0.5, 0.6) is 0 Å². The summed E-state index contributed by atoms with van der Waals surface area (Å²) >= 11 is 6.09. The van der Waals surface area contributed by atoms with Crippen molar-refractivity contribution in [1.82, 2.24) is 4.98 Å². The van der Waals surface area contributed by atoms with Gasteiger partial charge in [0.05, 0.1) is 10.7 Å². The molecule has 88 valence electrons. The lowest BCUT2D eigenvalue weighted by molar-refractivity contribution is 0.276. The Bertz CT molecular complexity index is 354. The third-order valence-corrected chi connectivity index (χ3v) is 3.85. The van der Waals surface area contributed by atoms with Crippen molar-refractivity contribution in [3.05, 3.63) is 23.5 Å². The molecule has 0 saturated heterocycles. The van der Waals surface area contributed by atoms with Gasteiger partial charge in [-0.3, -0.25) is 4.98 Å². The molecule has 3 atom stereocenters. The fourth-order valence-corrected chi connectivity index (χ4v) is 2.75. The van der Waals surface area contributed by atoms with Crippen molar-refractivity contribution < 1.29 is 0 Å². The molecule has 0 aromatic carbocycles. The zero-order chi connectivity index (χ0) is 11.5. The van der Waals surface area contributed by atoms with Crippen molar-refractivity contribution >= 4 is 17.3 Å². The zero-order valence-corrected chi connectivity index (χ0v) is 10.7. The second-order valence-corrected chi connectivity index (χ2v) is 5.41. The minimum atomic E-state index is 0.552. The molecule has 0 aliphatic heterocycles. The quantitative estimate of drug-likeness (QED) is 0.843. The summed E-state index contributed by atoms with van der Waals surface area (Å²) in [7, 11) is 0. The molecule has 1 aromatic heterocycles. The van der Waals surface area contributed by atoms with Crippen molar-refractivity contribution in [2.75, 3.05) is 5.32 Å². The molecule has 2 nitrogen and oxygen atoms in total. The summed E-state index contributed by atoms with van der Waals surface area (Å²) in [4.78, 5) is 4.00. The van der Waals surface area contributed by atoms with E-state index in [1.54, 1.807) is 12.4 Å². The Kier molecular flexibility index (Phi) is 3.70. The van der Waals surface area contributed by atoms with Gasteiger partial charge in [0.2, 0.25) is 0 Å². The first-order valence-electron chi connectivity index (χ1n) is 6.03. The maximum atomic E-state index is 6.09. The molecule has 0 bridgehead atoms. The minimum absolute atomic E-state index is 0.552. The van der Waals surface area contributed by atoms with Crippen LogP contribution in [0.3, 0.4) is 0 Å². The van der Waals surface area contributed by atoms with Gasteiger partial charge in [-0.1, -0.05) is 25.4 Å². The van der Waals surface area contributed by atoms with E-state index < -0.39 is 0 Å². The molecule has 1 fully saturated rings. The zero-order valence-electron chi connectivity index (χ0n) is 9.91. The number of halogens is 1. The molecule has 2 rings (SSSR count). The summed E-state index contributed by atoms with van der Waals surface area (Å²) in [5.74, 6) is 1.58. The van der Waals surface area contributed by atoms with Crippen molar-refractivity contribution in [2.45, 2.75) is 39.2 Å². The van der Waals surface area contributed by atoms with Crippen LogP contribution in [-0.4, -0.2) is 11.0 Å². The first-order chi connectivity index (χ1) is 7.66. The van der Waals surface area contributed by atoms with Gasteiger partial charge in [0.25, 0.3) is 0 Å². The maximum Gasteiger partial charge on any atom is 0.0820 e. The van der Waals surface area contributed by atoms with Gasteiger partial charge in [0, 0.05) is 18.4 Å². The average Bonchev–Trinajstić information content (AvgIpc) is 2.25. The van der Waals surface area contributed by atoms with Crippen LogP contribution in [0.1, 0.15) is 33.1 Å². The monoisotopic (exact) mass is 238 g/mol. The SMILES string of the molecule is CC1CCC(Nc2ccncc2Cl)C(C)C1. The number of anilines is 1. The van der Waals surface area contributed by atoms with Gasteiger partial charge in [0.1, 0.15) is 0 Å². The van der Waals surface area contributed by atoms with Crippen LogP contribution >= 0.6 is 11.6 Å². The molecule has 1 aromatic rings. The van der Waals surface area contributed by atoms with Gasteiger partial charge in [-0.05, 0) is 37.2 Å². The van der Waals surface area contributed by atoms with E-state index in [0.29, 0.717) is 17.0 Å². The van der Waals surface area contributed by atoms with Gasteiger partial charge in [0.15, 0.2) is 0 Å². The summed E-state index contributed by atoms with van der Waals surface area (Å²) in [6.07, 6.45) is 7.33. The van der Waals surface area contributed by atoms with Gasteiger partial charge in [-0.25, -0.2) is 0 Å². The molecule has 0 amide bonds. The van der Waals surface area contributed by atoms with Crippen LogP contribution in [-0.2, 0) is 0 Å². The second kappa shape index (κ2) is 5.05. The molecular weight excluding hydrogens is 220 g/mol. The van der Waals surface area contributed by atoms with Crippen LogP contribution in [0.4, 0.5) is 5.69 Å². The van der Waals surface area contributed by atoms with Crippen molar-refractivity contribution in [1.29, 1.82) is 0 Å². The normalized spacial score (nSPS) is 30.1. The van der Waals surface area contributed by atoms with Crippen LogP contribution in [0.25, 0.3) is 0 Å². The molecular formula is C13H19ClN2. The molecule has 3 heteroatoms. The smallest absolute Gasteiger partial charge is 0.0820 e. The van der Waals surface area contributed by atoms with Crippen LogP contribution in [0.15, 0.2) is 18.5 Å². The van der Waals surface area contributed by atoms with Gasteiger partial charge >= 0.3 is 0 Å². The Hall–Kier alpha value is -0.760. The molecule has 1 aliphatic carbocycles. The molecule has 1 aliphatic rings. The van der Waals surface area contributed by atoms with E-state index in [9.17, 15) is 0 Å². The predicted octanol–water partition coefficient (Wildman–Crippen LogP) is 3.97. The molecule has 0 radical (unpaired) electrons. The lowest BCUT2D eigenvalue weighted by Gasteiger charge is -2.34. The topological polar surface area (TPSA) is 24.9 Å². The molecule has 1 heterocycles. The van der Waals surface area contributed by atoms with Crippen molar-refractivity contribution in [3.8, 4) is 0 Å². The van der Waals surface area contributed by atoms with Gasteiger partial charge in [-0.15, -0.1) is 0 Å². The molecule has 0 spiro atoms. The van der Waals surface area contributed by atoms with Crippen LogP contribution < -0.4 is 5.32 Å². The summed E-state index contributed by atoms with van der Waals surface area (Å²) in [6.45, 7) is 4.66. The third-order valence-electron chi connectivity index (χ3n) is 3.54. The Balaban J connectivity index is 2.02. The molecule has 3 unspecified atom stereocenters. The number of rotatable bonds is 2. The summed E-state index contributed by atoms with van der Waals surface area (Å²) in [6, 6.07) is 2.50. The number of hydrogen-bond acceptors (Lipinski definition) is 2. The highest BCUT2D eigenvalue weighted by molar-refractivity contribution is 6.33. The number of hydrogen-bond donors (Lipinski definition) is 1. The maximum absolute atomic E-state index is 6.09. The van der Waals surface area contributed by atoms with E-state index >= 15 is 0 Å². The average molecular weight is 239 g/mol. The van der Waals surface area contributed by atoms with E-state index in [2.05, 4.69) is 24.1 Å². The Morgan fingerprint density at radius 1 is 1.38 bits per heavy atom. The van der Waals surface area contributed by atoms with Gasteiger partial charge in [-0.2, -0.15) is 0 Å².